The monoisotopic (exact) mass is 268 g/mol. The van der Waals surface area contributed by atoms with Crippen molar-refractivity contribution in [3.8, 4) is 0 Å². The van der Waals surface area contributed by atoms with E-state index in [-0.39, 0.29) is 10.6 Å². The second-order valence-corrected chi connectivity index (χ2v) is 4.70. The molecule has 5 nitrogen and oxygen atoms in total. The van der Waals surface area contributed by atoms with Gasteiger partial charge in [0.05, 0.1) is 5.69 Å². The summed E-state index contributed by atoms with van der Waals surface area (Å²) in [4.78, 5) is 22.6. The van der Waals surface area contributed by atoms with Crippen molar-refractivity contribution in [2.75, 3.05) is 5.73 Å². The molecule has 0 saturated heterocycles. The van der Waals surface area contributed by atoms with Crippen molar-refractivity contribution in [3.05, 3.63) is 39.5 Å². The predicted molar refractivity (Wildman–Crippen MR) is 67.4 cm³/mol. The first-order valence-electron chi connectivity index (χ1n) is 4.72. The number of nitrogens with two attached hydrogens (primary N) is 1. The number of hydrogen-bond donors (Lipinski definition) is 2. The quantitative estimate of drug-likeness (QED) is 0.868. The van der Waals surface area contributed by atoms with E-state index in [0.29, 0.717) is 15.7 Å². The Kier molecular flexibility index (Phi) is 3.35. The lowest BCUT2D eigenvalue weighted by Gasteiger charge is -2.05. The Bertz CT molecular complexity index is 613. The van der Waals surface area contributed by atoms with Crippen LogP contribution in [0.25, 0.3) is 0 Å². The first-order chi connectivity index (χ1) is 8.08. The maximum absolute atomic E-state index is 11.3. The van der Waals surface area contributed by atoms with Gasteiger partial charge in [-0.25, -0.2) is 9.97 Å². The van der Waals surface area contributed by atoms with Crippen LogP contribution >= 0.6 is 23.4 Å². The highest BCUT2D eigenvalue weighted by Gasteiger charge is 2.10. The van der Waals surface area contributed by atoms with Crippen LogP contribution in [-0.2, 0) is 0 Å². The number of aryl methyl sites for hydroxylation is 1. The molecule has 2 rings (SSSR count). The number of nitrogens with one attached hydrogen (secondary N) is 1. The average molecular weight is 269 g/mol. The van der Waals surface area contributed by atoms with Gasteiger partial charge in [0, 0.05) is 17.3 Å². The largest absolute Gasteiger partial charge is 0.381 e. The summed E-state index contributed by atoms with van der Waals surface area (Å²) < 4.78 is 0. The van der Waals surface area contributed by atoms with Gasteiger partial charge < -0.3 is 10.7 Å². The normalized spacial score (nSPS) is 10.5. The van der Waals surface area contributed by atoms with Crippen LogP contribution in [0.5, 0.6) is 0 Å². The molecule has 0 radical (unpaired) electrons. The zero-order chi connectivity index (χ0) is 12.4. The Labute approximate surface area is 106 Å². The van der Waals surface area contributed by atoms with Crippen molar-refractivity contribution in [3.63, 3.8) is 0 Å². The number of nitrogen functional groups attached to an aromatic ring is 1. The summed E-state index contributed by atoms with van der Waals surface area (Å²) in [6.45, 7) is 1.80. The van der Waals surface area contributed by atoms with Crippen LogP contribution < -0.4 is 11.3 Å². The lowest BCUT2D eigenvalue weighted by atomic mass is 10.5. The fourth-order valence-electron chi connectivity index (χ4n) is 1.19. The third-order valence-electron chi connectivity index (χ3n) is 1.96. The molecule has 0 aliphatic carbocycles. The van der Waals surface area contributed by atoms with E-state index in [1.807, 2.05) is 0 Å². The van der Waals surface area contributed by atoms with Crippen LogP contribution in [0.2, 0.25) is 5.02 Å². The van der Waals surface area contributed by atoms with Crippen LogP contribution in [0.15, 0.2) is 33.2 Å². The summed E-state index contributed by atoms with van der Waals surface area (Å²) in [5.74, 6) is 0.325. The molecule has 0 aliphatic heterocycles. The molecule has 7 heteroatoms. The molecule has 0 saturated carbocycles. The number of H-pyrrole nitrogens is 1. The topological polar surface area (TPSA) is 84.7 Å². The lowest BCUT2D eigenvalue weighted by molar-refractivity contribution is 1.02. The van der Waals surface area contributed by atoms with Crippen LogP contribution in [0.1, 0.15) is 5.69 Å². The second-order valence-electron chi connectivity index (χ2n) is 3.29. The van der Waals surface area contributed by atoms with Crippen molar-refractivity contribution in [2.45, 2.75) is 16.8 Å². The maximum Gasteiger partial charge on any atom is 0.267 e. The standard InChI is InChI=1S/C10H9ClN4OS/c1-5-4-14-10(8(12)15-5)17-6-2-3-13-9(16)7(6)11/h2-4H,1H3,(H2,12,15)(H,13,16). The van der Waals surface area contributed by atoms with E-state index in [9.17, 15) is 4.79 Å². The van der Waals surface area contributed by atoms with Gasteiger partial charge in [0.25, 0.3) is 5.56 Å². The van der Waals surface area contributed by atoms with E-state index in [0.717, 1.165) is 5.69 Å². The van der Waals surface area contributed by atoms with Gasteiger partial charge in [0.1, 0.15) is 10.0 Å². The van der Waals surface area contributed by atoms with Crippen molar-refractivity contribution in [1.82, 2.24) is 15.0 Å². The summed E-state index contributed by atoms with van der Waals surface area (Å²) in [6, 6.07) is 1.69. The van der Waals surface area contributed by atoms with Gasteiger partial charge >= 0.3 is 0 Å². The molecular weight excluding hydrogens is 260 g/mol. The molecule has 0 unspecified atom stereocenters. The number of hydrogen-bond acceptors (Lipinski definition) is 5. The number of aromatic amines is 1. The van der Waals surface area contributed by atoms with Crippen molar-refractivity contribution >= 4 is 29.2 Å². The van der Waals surface area contributed by atoms with Crippen LogP contribution in [-0.4, -0.2) is 15.0 Å². The number of anilines is 1. The first-order valence-corrected chi connectivity index (χ1v) is 5.91. The Hall–Kier alpha value is -1.53. The van der Waals surface area contributed by atoms with E-state index < -0.39 is 0 Å². The molecule has 17 heavy (non-hydrogen) atoms. The van der Waals surface area contributed by atoms with Gasteiger partial charge in [-0.2, -0.15) is 0 Å². The highest BCUT2D eigenvalue weighted by atomic mass is 35.5. The fraction of sp³-hybridized carbons (Fsp3) is 0.100. The molecule has 2 aromatic heterocycles. The molecule has 0 fully saturated rings. The van der Waals surface area contributed by atoms with Gasteiger partial charge in [-0.3, -0.25) is 4.79 Å². The third-order valence-corrected chi connectivity index (χ3v) is 3.51. The van der Waals surface area contributed by atoms with Gasteiger partial charge in [0.2, 0.25) is 0 Å². The van der Waals surface area contributed by atoms with Crippen molar-refractivity contribution in [2.24, 2.45) is 0 Å². The van der Waals surface area contributed by atoms with E-state index >= 15 is 0 Å². The summed E-state index contributed by atoms with van der Waals surface area (Å²) >= 11 is 7.09. The van der Waals surface area contributed by atoms with Gasteiger partial charge in [-0.1, -0.05) is 23.4 Å². The number of aromatic nitrogens is 3. The number of pyridine rings is 1. The zero-order valence-corrected chi connectivity index (χ0v) is 10.5. The molecule has 2 heterocycles. The average Bonchev–Trinajstić information content (AvgIpc) is 2.28. The lowest BCUT2D eigenvalue weighted by Crippen LogP contribution is -2.05. The van der Waals surface area contributed by atoms with E-state index in [2.05, 4.69) is 15.0 Å². The number of halogens is 1. The van der Waals surface area contributed by atoms with Crippen molar-refractivity contribution in [1.29, 1.82) is 0 Å². The Morgan fingerprint density at radius 1 is 1.53 bits per heavy atom. The molecule has 0 spiro atoms. The second kappa shape index (κ2) is 4.77. The summed E-state index contributed by atoms with van der Waals surface area (Å²) in [5, 5.41) is 0.655. The van der Waals surface area contributed by atoms with E-state index in [4.69, 9.17) is 17.3 Å². The molecule has 0 atom stereocenters. The molecular formula is C10H9ClN4OS. The molecule has 0 bridgehead atoms. The fourth-order valence-corrected chi connectivity index (χ4v) is 2.20. The molecule has 2 aromatic rings. The zero-order valence-electron chi connectivity index (χ0n) is 8.90. The SMILES string of the molecule is Cc1cnc(Sc2cc[nH]c(=O)c2Cl)c(N)n1. The molecule has 88 valence electrons. The highest BCUT2D eigenvalue weighted by Crippen LogP contribution is 2.32. The minimum Gasteiger partial charge on any atom is -0.381 e. The minimum atomic E-state index is -0.338. The highest BCUT2D eigenvalue weighted by molar-refractivity contribution is 7.99. The minimum absolute atomic E-state index is 0.124. The van der Waals surface area contributed by atoms with Crippen LogP contribution in [0.4, 0.5) is 5.82 Å². The third kappa shape index (κ3) is 2.59. The smallest absolute Gasteiger partial charge is 0.267 e. The predicted octanol–water partition coefficient (Wildman–Crippen LogP) is 1.86. The Morgan fingerprint density at radius 3 is 3.00 bits per heavy atom. The molecule has 0 aromatic carbocycles. The Morgan fingerprint density at radius 2 is 2.29 bits per heavy atom. The maximum atomic E-state index is 11.3. The van der Waals surface area contributed by atoms with Crippen molar-refractivity contribution < 1.29 is 0 Å². The summed E-state index contributed by atoms with van der Waals surface area (Å²) in [6.07, 6.45) is 3.13. The van der Waals surface area contributed by atoms with Gasteiger partial charge in [-0.15, -0.1) is 0 Å². The van der Waals surface area contributed by atoms with Gasteiger partial charge in [0.15, 0.2) is 5.82 Å². The Balaban J connectivity index is 2.38. The summed E-state index contributed by atoms with van der Waals surface area (Å²) in [5.41, 5.74) is 6.14. The first kappa shape index (κ1) is 11.9. The number of rotatable bonds is 2. The summed E-state index contributed by atoms with van der Waals surface area (Å²) in [7, 11) is 0. The van der Waals surface area contributed by atoms with E-state index in [1.54, 1.807) is 19.2 Å². The molecule has 3 N–H and O–H groups in total. The molecule has 0 aliphatic rings. The van der Waals surface area contributed by atoms with Gasteiger partial charge in [-0.05, 0) is 13.0 Å². The van der Waals surface area contributed by atoms with E-state index in [1.165, 1.54) is 18.0 Å². The number of nitrogens with zero attached hydrogens (tertiary/aromatic N) is 2. The molecule has 0 amide bonds. The van der Waals surface area contributed by atoms with Crippen LogP contribution in [0.3, 0.4) is 0 Å². The van der Waals surface area contributed by atoms with Crippen LogP contribution in [0, 0.1) is 6.92 Å².